The molecule has 0 unspecified atom stereocenters. The molecule has 1 amide bonds. The topological polar surface area (TPSA) is 64.1 Å². The molecule has 1 N–H and O–H groups in total. The van der Waals surface area contributed by atoms with Gasteiger partial charge in [-0.1, -0.05) is 18.2 Å². The second kappa shape index (κ2) is 5.60. The summed E-state index contributed by atoms with van der Waals surface area (Å²) in [5.41, 5.74) is 0.678. The number of nitrogens with zero attached hydrogens (tertiary/aromatic N) is 2. The third-order valence-electron chi connectivity index (χ3n) is 2.00. The van der Waals surface area contributed by atoms with Crippen LogP contribution in [0.15, 0.2) is 48.7 Å². The van der Waals surface area contributed by atoms with E-state index < -0.39 is 6.09 Å². The highest BCUT2D eigenvalue weighted by molar-refractivity contribution is 5.70. The van der Waals surface area contributed by atoms with Gasteiger partial charge >= 0.3 is 6.09 Å². The van der Waals surface area contributed by atoms with E-state index in [1.807, 2.05) is 6.07 Å². The molecule has 0 bridgehead atoms. The summed E-state index contributed by atoms with van der Waals surface area (Å²) in [4.78, 5) is 11.4. The van der Waals surface area contributed by atoms with Gasteiger partial charge in [0.05, 0.1) is 12.2 Å². The molecule has 1 heterocycles. The minimum atomic E-state index is -0.512. The van der Waals surface area contributed by atoms with Crippen LogP contribution in [-0.2, 0) is 6.54 Å². The molecule has 0 saturated heterocycles. The number of hydrogen-bond donors (Lipinski definition) is 1. The number of carbonyl (C=O) groups excluding carboxylic acids is 1. The van der Waals surface area contributed by atoms with Crippen molar-refractivity contribution in [2.24, 2.45) is 0 Å². The zero-order valence-electron chi connectivity index (χ0n) is 9.04. The van der Waals surface area contributed by atoms with E-state index in [4.69, 9.17) is 4.74 Å². The summed E-state index contributed by atoms with van der Waals surface area (Å²) < 4.78 is 5.04. The van der Waals surface area contributed by atoms with E-state index in [1.54, 1.807) is 42.6 Å². The number of nitrogens with one attached hydrogen (secondary N) is 1. The fourth-order valence-corrected chi connectivity index (χ4v) is 1.22. The van der Waals surface area contributed by atoms with Gasteiger partial charge in [0.15, 0.2) is 0 Å². The predicted octanol–water partition coefficient (Wildman–Crippen LogP) is 1.77. The molecular formula is C12H11N3O2. The van der Waals surface area contributed by atoms with E-state index in [0.29, 0.717) is 18.0 Å². The zero-order valence-corrected chi connectivity index (χ0v) is 9.04. The first-order valence-electron chi connectivity index (χ1n) is 5.12. The second-order valence-corrected chi connectivity index (χ2v) is 3.27. The average molecular weight is 229 g/mol. The Hall–Kier alpha value is -2.43. The fraction of sp³-hybridized carbons (Fsp3) is 0.0833. The van der Waals surface area contributed by atoms with Gasteiger partial charge in [0.2, 0.25) is 0 Å². The summed E-state index contributed by atoms with van der Waals surface area (Å²) in [6, 6.07) is 12.4. The number of benzene rings is 1. The van der Waals surface area contributed by atoms with Gasteiger partial charge in [0, 0.05) is 6.20 Å². The van der Waals surface area contributed by atoms with Gasteiger partial charge in [0.25, 0.3) is 0 Å². The molecule has 0 radical (unpaired) electrons. The van der Waals surface area contributed by atoms with Gasteiger partial charge < -0.3 is 10.1 Å². The van der Waals surface area contributed by atoms with Crippen molar-refractivity contribution < 1.29 is 9.53 Å². The maximum Gasteiger partial charge on any atom is 0.412 e. The molecule has 0 aliphatic carbocycles. The lowest BCUT2D eigenvalue weighted by atomic mass is 10.3. The van der Waals surface area contributed by atoms with Crippen LogP contribution in [0.5, 0.6) is 5.75 Å². The molecule has 86 valence electrons. The molecule has 0 fully saturated rings. The molecule has 0 saturated carbocycles. The number of aromatic nitrogens is 2. The Bertz CT molecular complexity index is 474. The lowest BCUT2D eigenvalue weighted by molar-refractivity contribution is 0.200. The van der Waals surface area contributed by atoms with Crippen LogP contribution in [0.4, 0.5) is 4.79 Å². The smallest absolute Gasteiger partial charge is 0.410 e. The van der Waals surface area contributed by atoms with E-state index in [1.165, 1.54) is 0 Å². The highest BCUT2D eigenvalue weighted by atomic mass is 16.5. The van der Waals surface area contributed by atoms with Gasteiger partial charge in [-0.3, -0.25) is 0 Å². The number of ether oxygens (including phenoxy) is 1. The van der Waals surface area contributed by atoms with Crippen molar-refractivity contribution in [3.8, 4) is 5.75 Å². The summed E-state index contributed by atoms with van der Waals surface area (Å²) in [6.07, 6.45) is 1.06. The van der Waals surface area contributed by atoms with Crippen molar-refractivity contribution in [3.63, 3.8) is 0 Å². The molecule has 0 aliphatic heterocycles. The number of amides is 1. The van der Waals surface area contributed by atoms with Crippen LogP contribution in [0.1, 0.15) is 5.69 Å². The quantitative estimate of drug-likeness (QED) is 0.871. The highest BCUT2D eigenvalue weighted by Crippen LogP contribution is 2.08. The van der Waals surface area contributed by atoms with Crippen LogP contribution < -0.4 is 10.1 Å². The number of carbonyl (C=O) groups is 1. The largest absolute Gasteiger partial charge is 0.412 e. The Kier molecular flexibility index (Phi) is 3.64. The van der Waals surface area contributed by atoms with Crippen LogP contribution >= 0.6 is 0 Å². The van der Waals surface area contributed by atoms with Gasteiger partial charge in [-0.15, -0.1) is 0 Å². The molecule has 0 spiro atoms. The van der Waals surface area contributed by atoms with Crippen molar-refractivity contribution in [1.82, 2.24) is 15.5 Å². The summed E-state index contributed by atoms with van der Waals surface area (Å²) in [6.45, 7) is 0.291. The standard InChI is InChI=1S/C12H11N3O2/c16-12(17-11-6-2-1-3-7-11)13-9-10-5-4-8-14-15-10/h1-8H,9H2,(H,13,16). The van der Waals surface area contributed by atoms with E-state index >= 15 is 0 Å². The molecule has 1 aromatic heterocycles. The van der Waals surface area contributed by atoms with Crippen LogP contribution in [0.2, 0.25) is 0 Å². The van der Waals surface area contributed by atoms with Crippen molar-refractivity contribution in [2.45, 2.75) is 6.54 Å². The van der Waals surface area contributed by atoms with Crippen molar-refractivity contribution in [2.75, 3.05) is 0 Å². The Labute approximate surface area is 98.5 Å². The molecule has 17 heavy (non-hydrogen) atoms. The normalized spacial score (nSPS) is 9.65. The van der Waals surface area contributed by atoms with E-state index in [-0.39, 0.29) is 0 Å². The second-order valence-electron chi connectivity index (χ2n) is 3.27. The number of rotatable bonds is 3. The summed E-state index contributed by atoms with van der Waals surface area (Å²) in [5.74, 6) is 0.504. The van der Waals surface area contributed by atoms with E-state index in [0.717, 1.165) is 0 Å². The van der Waals surface area contributed by atoms with Gasteiger partial charge in [-0.05, 0) is 24.3 Å². The summed E-state index contributed by atoms with van der Waals surface area (Å²) in [5, 5.41) is 10.1. The Balaban J connectivity index is 1.83. The molecule has 2 aromatic rings. The molecule has 0 atom stereocenters. The monoisotopic (exact) mass is 229 g/mol. The fourth-order valence-electron chi connectivity index (χ4n) is 1.22. The van der Waals surface area contributed by atoms with E-state index in [9.17, 15) is 4.79 Å². The van der Waals surface area contributed by atoms with Crippen LogP contribution in [0, 0.1) is 0 Å². The summed E-state index contributed by atoms with van der Waals surface area (Å²) >= 11 is 0. The Morgan fingerprint density at radius 3 is 2.71 bits per heavy atom. The minimum absolute atomic E-state index is 0.291. The lowest BCUT2D eigenvalue weighted by Gasteiger charge is -2.05. The average Bonchev–Trinajstić information content (AvgIpc) is 2.39. The molecular weight excluding hydrogens is 218 g/mol. The van der Waals surface area contributed by atoms with Crippen molar-refractivity contribution in [3.05, 3.63) is 54.4 Å². The van der Waals surface area contributed by atoms with Crippen LogP contribution in [0.3, 0.4) is 0 Å². The maximum atomic E-state index is 11.4. The van der Waals surface area contributed by atoms with Crippen molar-refractivity contribution in [1.29, 1.82) is 0 Å². The van der Waals surface area contributed by atoms with Crippen LogP contribution in [-0.4, -0.2) is 16.3 Å². The molecule has 1 aromatic carbocycles. The van der Waals surface area contributed by atoms with Gasteiger partial charge in [-0.25, -0.2) is 4.79 Å². The zero-order chi connectivity index (χ0) is 11.9. The van der Waals surface area contributed by atoms with Gasteiger partial charge in [-0.2, -0.15) is 10.2 Å². The molecule has 5 heteroatoms. The Morgan fingerprint density at radius 1 is 1.18 bits per heavy atom. The predicted molar refractivity (Wildman–Crippen MR) is 61.3 cm³/mol. The third-order valence-corrected chi connectivity index (χ3v) is 2.00. The highest BCUT2D eigenvalue weighted by Gasteiger charge is 2.03. The lowest BCUT2D eigenvalue weighted by Crippen LogP contribution is -2.26. The van der Waals surface area contributed by atoms with Crippen molar-refractivity contribution >= 4 is 6.09 Å². The van der Waals surface area contributed by atoms with Crippen LogP contribution in [0.25, 0.3) is 0 Å². The minimum Gasteiger partial charge on any atom is -0.410 e. The molecule has 5 nitrogen and oxygen atoms in total. The number of hydrogen-bond acceptors (Lipinski definition) is 4. The maximum absolute atomic E-state index is 11.4. The first-order chi connectivity index (χ1) is 8.34. The first kappa shape index (κ1) is 11.1. The first-order valence-corrected chi connectivity index (χ1v) is 5.12. The SMILES string of the molecule is O=C(NCc1cccnn1)Oc1ccccc1. The van der Waals surface area contributed by atoms with Gasteiger partial charge in [0.1, 0.15) is 5.75 Å². The molecule has 2 rings (SSSR count). The summed E-state index contributed by atoms with van der Waals surface area (Å²) in [7, 11) is 0. The third kappa shape index (κ3) is 3.57. The number of para-hydroxylation sites is 1. The van der Waals surface area contributed by atoms with E-state index in [2.05, 4.69) is 15.5 Å². The molecule has 0 aliphatic rings. The Morgan fingerprint density at radius 2 is 2.00 bits per heavy atom.